The predicted molar refractivity (Wildman–Crippen MR) is 83.6 cm³/mol. The van der Waals surface area contributed by atoms with Crippen LogP contribution in [0.1, 0.15) is 17.3 Å². The molecule has 0 aliphatic rings. The lowest BCUT2D eigenvalue weighted by Gasteiger charge is -2.06. The van der Waals surface area contributed by atoms with Crippen LogP contribution < -0.4 is 5.56 Å². The second kappa shape index (κ2) is 6.15. The van der Waals surface area contributed by atoms with E-state index in [0.29, 0.717) is 33.9 Å². The minimum atomic E-state index is -0.141. The molecule has 0 saturated heterocycles. The lowest BCUT2D eigenvalue weighted by molar-refractivity contribution is 0.387. The van der Waals surface area contributed by atoms with E-state index in [-0.39, 0.29) is 5.56 Å². The molecule has 1 aromatic carbocycles. The van der Waals surface area contributed by atoms with Crippen LogP contribution in [0.2, 0.25) is 0 Å². The molecule has 22 heavy (non-hydrogen) atoms. The van der Waals surface area contributed by atoms with Crippen LogP contribution in [0, 0.1) is 13.8 Å². The molecule has 0 radical (unpaired) electrons. The standard InChI is InChI=1S/C15H14N4O2S/c1-9-13(11-6-4-3-5-7-11)17-15(18-14(9)20)22-8-12-16-10(2)19-21-12/h3-7H,8H2,1-2H3,(H,17,18,20). The number of hydrogen-bond acceptors (Lipinski definition) is 6. The molecular formula is C15H14N4O2S. The monoisotopic (exact) mass is 314 g/mol. The molecule has 3 rings (SSSR count). The highest BCUT2D eigenvalue weighted by molar-refractivity contribution is 7.98. The fourth-order valence-electron chi connectivity index (χ4n) is 1.99. The van der Waals surface area contributed by atoms with Crippen molar-refractivity contribution in [2.75, 3.05) is 0 Å². The van der Waals surface area contributed by atoms with E-state index in [9.17, 15) is 4.79 Å². The number of nitrogens with zero attached hydrogens (tertiary/aromatic N) is 3. The van der Waals surface area contributed by atoms with Crippen LogP contribution in [0.15, 0.2) is 44.8 Å². The molecular weight excluding hydrogens is 300 g/mol. The van der Waals surface area contributed by atoms with E-state index < -0.39 is 0 Å². The first-order chi connectivity index (χ1) is 10.6. The van der Waals surface area contributed by atoms with Crippen molar-refractivity contribution in [1.29, 1.82) is 0 Å². The number of H-pyrrole nitrogens is 1. The third-order valence-electron chi connectivity index (χ3n) is 3.08. The largest absolute Gasteiger partial charge is 0.338 e. The molecule has 0 amide bonds. The van der Waals surface area contributed by atoms with Crippen LogP contribution in [0.3, 0.4) is 0 Å². The van der Waals surface area contributed by atoms with Crippen molar-refractivity contribution in [1.82, 2.24) is 20.1 Å². The third-order valence-corrected chi connectivity index (χ3v) is 3.94. The molecule has 0 aliphatic heterocycles. The van der Waals surface area contributed by atoms with E-state index in [0.717, 1.165) is 5.56 Å². The van der Waals surface area contributed by atoms with Gasteiger partial charge in [0.1, 0.15) is 0 Å². The third kappa shape index (κ3) is 3.09. The molecule has 0 bridgehead atoms. The molecule has 7 heteroatoms. The normalized spacial score (nSPS) is 10.8. The fourth-order valence-corrected chi connectivity index (χ4v) is 2.68. The first kappa shape index (κ1) is 14.5. The Morgan fingerprint density at radius 3 is 2.64 bits per heavy atom. The summed E-state index contributed by atoms with van der Waals surface area (Å²) in [7, 11) is 0. The number of benzene rings is 1. The smallest absolute Gasteiger partial charge is 0.255 e. The summed E-state index contributed by atoms with van der Waals surface area (Å²) in [6.45, 7) is 3.53. The number of hydrogen-bond donors (Lipinski definition) is 1. The maximum Gasteiger partial charge on any atom is 0.255 e. The second-order valence-corrected chi connectivity index (χ2v) is 5.70. The highest BCUT2D eigenvalue weighted by atomic mass is 32.2. The Kier molecular flexibility index (Phi) is 4.06. The number of aromatic amines is 1. The van der Waals surface area contributed by atoms with Crippen molar-refractivity contribution in [3.8, 4) is 11.3 Å². The average molecular weight is 314 g/mol. The van der Waals surface area contributed by atoms with Gasteiger partial charge in [-0.25, -0.2) is 4.98 Å². The fraction of sp³-hybridized carbons (Fsp3) is 0.200. The molecule has 6 nitrogen and oxygen atoms in total. The molecule has 0 spiro atoms. The number of aromatic nitrogens is 4. The SMILES string of the molecule is Cc1noc(CSc2nc(-c3ccccc3)c(C)c(=O)[nH]2)n1. The van der Waals surface area contributed by atoms with Crippen LogP contribution in [-0.2, 0) is 5.75 Å². The van der Waals surface area contributed by atoms with Gasteiger partial charge in [-0.1, -0.05) is 47.3 Å². The highest BCUT2D eigenvalue weighted by Gasteiger charge is 2.11. The van der Waals surface area contributed by atoms with Crippen molar-refractivity contribution in [2.45, 2.75) is 24.8 Å². The molecule has 0 saturated carbocycles. The minimum absolute atomic E-state index is 0.141. The summed E-state index contributed by atoms with van der Waals surface area (Å²) in [5.41, 5.74) is 2.07. The summed E-state index contributed by atoms with van der Waals surface area (Å²) in [5.74, 6) is 1.55. The summed E-state index contributed by atoms with van der Waals surface area (Å²) < 4.78 is 5.05. The molecule has 2 aromatic heterocycles. The zero-order valence-electron chi connectivity index (χ0n) is 12.2. The lowest BCUT2D eigenvalue weighted by atomic mass is 10.1. The van der Waals surface area contributed by atoms with Gasteiger partial charge in [-0.15, -0.1) is 0 Å². The van der Waals surface area contributed by atoms with E-state index in [4.69, 9.17) is 4.52 Å². The first-order valence-electron chi connectivity index (χ1n) is 6.72. The van der Waals surface area contributed by atoms with Crippen LogP contribution >= 0.6 is 11.8 Å². The Morgan fingerprint density at radius 2 is 1.95 bits per heavy atom. The summed E-state index contributed by atoms with van der Waals surface area (Å²) >= 11 is 1.36. The molecule has 1 N–H and O–H groups in total. The Morgan fingerprint density at radius 1 is 1.18 bits per heavy atom. The quantitative estimate of drug-likeness (QED) is 0.589. The Hall–Kier alpha value is -2.41. The van der Waals surface area contributed by atoms with Gasteiger partial charge in [-0.3, -0.25) is 4.79 Å². The van der Waals surface area contributed by atoms with Crippen molar-refractivity contribution in [3.05, 3.63) is 58.0 Å². The van der Waals surface area contributed by atoms with Crippen LogP contribution in [0.5, 0.6) is 0 Å². The number of aryl methyl sites for hydroxylation is 1. The van der Waals surface area contributed by atoms with Crippen molar-refractivity contribution in [2.24, 2.45) is 0 Å². The van der Waals surface area contributed by atoms with Gasteiger partial charge in [-0.2, -0.15) is 4.98 Å². The topological polar surface area (TPSA) is 84.7 Å². The number of nitrogens with one attached hydrogen (secondary N) is 1. The van der Waals surface area contributed by atoms with Gasteiger partial charge in [0.15, 0.2) is 11.0 Å². The molecule has 0 atom stereocenters. The molecule has 0 unspecified atom stereocenters. The maximum absolute atomic E-state index is 12.1. The van der Waals surface area contributed by atoms with Crippen LogP contribution in [0.4, 0.5) is 0 Å². The predicted octanol–water partition coefficient (Wildman–Crippen LogP) is 2.73. The summed E-state index contributed by atoms with van der Waals surface area (Å²) in [4.78, 5) is 23.5. The minimum Gasteiger partial charge on any atom is -0.338 e. The van der Waals surface area contributed by atoms with E-state index in [1.54, 1.807) is 13.8 Å². The number of thioether (sulfide) groups is 1. The first-order valence-corrected chi connectivity index (χ1v) is 7.70. The van der Waals surface area contributed by atoms with E-state index in [1.165, 1.54) is 11.8 Å². The van der Waals surface area contributed by atoms with Crippen LogP contribution in [0.25, 0.3) is 11.3 Å². The van der Waals surface area contributed by atoms with Crippen molar-refractivity contribution in [3.63, 3.8) is 0 Å². The van der Waals surface area contributed by atoms with E-state index in [1.807, 2.05) is 30.3 Å². The highest BCUT2D eigenvalue weighted by Crippen LogP contribution is 2.23. The van der Waals surface area contributed by atoms with Gasteiger partial charge in [0, 0.05) is 11.1 Å². The Labute approximate surface area is 131 Å². The zero-order chi connectivity index (χ0) is 15.5. The van der Waals surface area contributed by atoms with Crippen molar-refractivity contribution >= 4 is 11.8 Å². The summed E-state index contributed by atoms with van der Waals surface area (Å²) in [5, 5.41) is 4.27. The molecule has 3 aromatic rings. The Bertz CT molecular complexity index is 842. The molecule has 0 fully saturated rings. The van der Waals surface area contributed by atoms with Crippen LogP contribution in [-0.4, -0.2) is 20.1 Å². The molecule has 112 valence electrons. The Balaban J connectivity index is 1.89. The van der Waals surface area contributed by atoms with E-state index >= 15 is 0 Å². The van der Waals surface area contributed by atoms with Gasteiger partial charge in [0.05, 0.1) is 11.4 Å². The van der Waals surface area contributed by atoms with Gasteiger partial charge in [0.25, 0.3) is 5.56 Å². The summed E-state index contributed by atoms with van der Waals surface area (Å²) in [6.07, 6.45) is 0. The van der Waals surface area contributed by atoms with Gasteiger partial charge in [0.2, 0.25) is 5.89 Å². The lowest BCUT2D eigenvalue weighted by Crippen LogP contribution is -2.14. The average Bonchev–Trinajstić information content (AvgIpc) is 2.95. The number of rotatable bonds is 4. The molecule has 2 heterocycles. The van der Waals surface area contributed by atoms with Gasteiger partial charge in [-0.05, 0) is 13.8 Å². The summed E-state index contributed by atoms with van der Waals surface area (Å²) in [6, 6.07) is 9.64. The van der Waals surface area contributed by atoms with Gasteiger partial charge >= 0.3 is 0 Å². The molecule has 0 aliphatic carbocycles. The maximum atomic E-state index is 12.1. The van der Waals surface area contributed by atoms with Crippen molar-refractivity contribution < 1.29 is 4.52 Å². The second-order valence-electron chi connectivity index (χ2n) is 4.73. The van der Waals surface area contributed by atoms with Gasteiger partial charge < -0.3 is 9.51 Å². The zero-order valence-corrected chi connectivity index (χ0v) is 13.0. The van der Waals surface area contributed by atoms with E-state index in [2.05, 4.69) is 20.1 Å².